The van der Waals surface area contributed by atoms with Gasteiger partial charge in [-0.15, -0.1) is 0 Å². The van der Waals surface area contributed by atoms with Crippen molar-refractivity contribution in [3.63, 3.8) is 0 Å². The summed E-state index contributed by atoms with van der Waals surface area (Å²) in [6, 6.07) is 13.4. The molecule has 0 saturated carbocycles. The Hall–Kier alpha value is -3.68. The Kier molecular flexibility index (Phi) is 7.47. The van der Waals surface area contributed by atoms with Crippen LogP contribution in [0.2, 0.25) is 0 Å². The van der Waals surface area contributed by atoms with Gasteiger partial charge in [0.2, 0.25) is 5.91 Å². The number of benzene rings is 2. The topological polar surface area (TPSA) is 114 Å². The lowest BCUT2D eigenvalue weighted by Crippen LogP contribution is -2.35. The summed E-state index contributed by atoms with van der Waals surface area (Å²) in [5, 5.41) is 7.69. The fourth-order valence-electron chi connectivity index (χ4n) is 2.42. The molecule has 2 rings (SSSR count). The number of amides is 3. The fourth-order valence-corrected chi connectivity index (χ4v) is 2.42. The van der Waals surface area contributed by atoms with E-state index < -0.39 is 23.9 Å². The Balaban J connectivity index is 1.80. The molecular weight excluding hydrogens is 374 g/mol. The minimum atomic E-state index is -1.05. The molecule has 0 aliphatic carbocycles. The van der Waals surface area contributed by atoms with Gasteiger partial charge < -0.3 is 20.7 Å². The largest absolute Gasteiger partial charge is 0.451 e. The number of anilines is 2. The molecule has 0 fully saturated rings. The van der Waals surface area contributed by atoms with Crippen molar-refractivity contribution in [2.24, 2.45) is 0 Å². The van der Waals surface area contributed by atoms with Crippen LogP contribution >= 0.6 is 0 Å². The van der Waals surface area contributed by atoms with Crippen LogP contribution in [-0.4, -0.2) is 36.3 Å². The molecule has 0 radical (unpaired) electrons. The van der Waals surface area contributed by atoms with E-state index in [9.17, 15) is 19.2 Å². The van der Waals surface area contributed by atoms with E-state index in [-0.39, 0.29) is 12.5 Å². The smallest absolute Gasteiger partial charge is 0.326 e. The van der Waals surface area contributed by atoms with Crippen LogP contribution in [0.15, 0.2) is 48.5 Å². The van der Waals surface area contributed by atoms with Crippen molar-refractivity contribution < 1.29 is 23.9 Å². The maximum absolute atomic E-state index is 12.2. The highest BCUT2D eigenvalue weighted by Gasteiger charge is 2.18. The Morgan fingerprint density at radius 3 is 2.17 bits per heavy atom. The molecule has 0 aromatic heterocycles. The maximum Gasteiger partial charge on any atom is 0.326 e. The number of carbonyl (C=O) groups excluding carboxylic acids is 4. The monoisotopic (exact) mass is 397 g/mol. The number of carbonyl (C=O) groups is 4. The summed E-state index contributed by atoms with van der Waals surface area (Å²) in [6.45, 7) is 4.34. The number of hydrogen-bond donors (Lipinski definition) is 3. The lowest BCUT2D eigenvalue weighted by molar-refractivity contribution is -0.152. The van der Waals surface area contributed by atoms with E-state index in [2.05, 4.69) is 16.0 Å². The highest BCUT2D eigenvalue weighted by atomic mass is 16.5. The molecule has 3 N–H and O–H groups in total. The van der Waals surface area contributed by atoms with E-state index in [4.69, 9.17) is 4.74 Å². The van der Waals surface area contributed by atoms with Gasteiger partial charge in [-0.2, -0.15) is 0 Å². The van der Waals surface area contributed by atoms with Crippen LogP contribution < -0.4 is 16.0 Å². The van der Waals surface area contributed by atoms with Crippen molar-refractivity contribution in [1.29, 1.82) is 0 Å². The summed E-state index contributed by atoms with van der Waals surface area (Å²) in [7, 11) is 0. The molecule has 0 saturated heterocycles. The number of hydrogen-bond acceptors (Lipinski definition) is 5. The van der Waals surface area contributed by atoms with Gasteiger partial charge >= 0.3 is 5.97 Å². The summed E-state index contributed by atoms with van der Waals surface area (Å²) >= 11 is 0. The van der Waals surface area contributed by atoms with Crippen LogP contribution in [0.5, 0.6) is 0 Å². The van der Waals surface area contributed by atoms with E-state index in [1.165, 1.54) is 13.8 Å². The molecule has 0 heterocycles. The van der Waals surface area contributed by atoms with Gasteiger partial charge in [-0.3, -0.25) is 19.2 Å². The van der Waals surface area contributed by atoms with Crippen LogP contribution in [0.3, 0.4) is 0 Å². The fraction of sp³-hybridized carbons (Fsp3) is 0.238. The molecule has 0 aliphatic heterocycles. The third-order valence-electron chi connectivity index (χ3n) is 3.82. The van der Waals surface area contributed by atoms with Gasteiger partial charge in [0, 0.05) is 23.9 Å². The normalized spacial score (nSPS) is 11.1. The van der Waals surface area contributed by atoms with Gasteiger partial charge in [-0.25, -0.2) is 0 Å². The third-order valence-corrected chi connectivity index (χ3v) is 3.82. The Morgan fingerprint density at radius 2 is 1.59 bits per heavy atom. The number of ether oxygens (including phenoxy) is 1. The zero-order valence-electron chi connectivity index (χ0n) is 16.4. The Bertz CT molecular complexity index is 909. The quantitative estimate of drug-likeness (QED) is 0.620. The third kappa shape index (κ3) is 7.10. The van der Waals surface area contributed by atoms with Crippen LogP contribution in [0.1, 0.15) is 29.8 Å². The Morgan fingerprint density at radius 1 is 0.966 bits per heavy atom. The van der Waals surface area contributed by atoms with Crippen molar-refractivity contribution in [2.75, 3.05) is 17.2 Å². The van der Waals surface area contributed by atoms with Crippen molar-refractivity contribution >= 4 is 35.1 Å². The molecule has 0 bridgehead atoms. The lowest BCUT2D eigenvalue weighted by atomic mass is 10.1. The molecule has 0 unspecified atom stereocenters. The van der Waals surface area contributed by atoms with E-state index in [1.54, 1.807) is 42.5 Å². The number of rotatable bonds is 7. The summed E-state index contributed by atoms with van der Waals surface area (Å²) in [6.07, 6.45) is -1.05. The number of esters is 1. The SMILES string of the molecule is CC(=O)Nc1ccc(NC(=O)[C@H](C)OC(=O)CNC(=O)c2cccc(C)c2)cc1. The molecule has 2 aromatic carbocycles. The first-order chi connectivity index (χ1) is 13.7. The second kappa shape index (κ2) is 10.0. The molecule has 2 aromatic rings. The van der Waals surface area contributed by atoms with E-state index in [0.717, 1.165) is 5.56 Å². The van der Waals surface area contributed by atoms with Crippen LogP contribution in [-0.2, 0) is 19.1 Å². The number of aryl methyl sites for hydroxylation is 1. The molecule has 3 amide bonds. The maximum atomic E-state index is 12.2. The first kappa shape index (κ1) is 21.6. The van der Waals surface area contributed by atoms with Crippen LogP contribution in [0.4, 0.5) is 11.4 Å². The van der Waals surface area contributed by atoms with Crippen molar-refractivity contribution in [2.45, 2.75) is 26.9 Å². The van der Waals surface area contributed by atoms with Crippen molar-refractivity contribution in [3.05, 3.63) is 59.7 Å². The molecule has 8 nitrogen and oxygen atoms in total. The zero-order chi connectivity index (χ0) is 21.4. The van der Waals surface area contributed by atoms with E-state index in [0.29, 0.717) is 16.9 Å². The predicted molar refractivity (Wildman–Crippen MR) is 108 cm³/mol. The van der Waals surface area contributed by atoms with Crippen LogP contribution in [0, 0.1) is 6.92 Å². The zero-order valence-corrected chi connectivity index (χ0v) is 16.4. The second-order valence-electron chi connectivity index (χ2n) is 6.43. The highest BCUT2D eigenvalue weighted by molar-refractivity contribution is 5.97. The van der Waals surface area contributed by atoms with E-state index in [1.807, 2.05) is 13.0 Å². The first-order valence-corrected chi connectivity index (χ1v) is 8.97. The molecule has 0 spiro atoms. The minimum Gasteiger partial charge on any atom is -0.451 e. The molecule has 0 aliphatic rings. The van der Waals surface area contributed by atoms with Crippen molar-refractivity contribution in [1.82, 2.24) is 5.32 Å². The van der Waals surface area contributed by atoms with E-state index >= 15 is 0 Å². The van der Waals surface area contributed by atoms with Gasteiger partial charge in [0.1, 0.15) is 6.54 Å². The molecular formula is C21H23N3O5. The lowest BCUT2D eigenvalue weighted by Gasteiger charge is -2.14. The average molecular weight is 397 g/mol. The Labute approximate surface area is 168 Å². The second-order valence-corrected chi connectivity index (χ2v) is 6.43. The van der Waals surface area contributed by atoms with Gasteiger partial charge in [0.25, 0.3) is 11.8 Å². The predicted octanol–water partition coefficient (Wildman–Crippen LogP) is 2.25. The first-order valence-electron chi connectivity index (χ1n) is 8.97. The molecule has 8 heteroatoms. The summed E-state index contributed by atoms with van der Waals surface area (Å²) in [5.41, 5.74) is 2.45. The summed E-state index contributed by atoms with van der Waals surface area (Å²) < 4.78 is 5.05. The average Bonchev–Trinajstić information content (AvgIpc) is 2.67. The standard InChI is InChI=1S/C21H23N3O5/c1-13-5-4-6-16(11-13)21(28)22-12-19(26)29-14(2)20(27)24-18-9-7-17(8-10-18)23-15(3)25/h4-11,14H,12H2,1-3H3,(H,22,28)(H,23,25)(H,24,27)/t14-/m0/s1. The molecule has 152 valence electrons. The van der Waals surface area contributed by atoms with Gasteiger partial charge in [-0.1, -0.05) is 17.7 Å². The summed E-state index contributed by atoms with van der Waals surface area (Å²) in [4.78, 5) is 47.1. The summed E-state index contributed by atoms with van der Waals surface area (Å²) in [5.74, 6) is -1.84. The van der Waals surface area contributed by atoms with Gasteiger partial charge in [0.05, 0.1) is 0 Å². The number of nitrogens with one attached hydrogen (secondary N) is 3. The van der Waals surface area contributed by atoms with Crippen molar-refractivity contribution in [3.8, 4) is 0 Å². The van der Waals surface area contributed by atoms with Crippen LogP contribution in [0.25, 0.3) is 0 Å². The van der Waals surface area contributed by atoms with Gasteiger partial charge in [0.15, 0.2) is 6.10 Å². The highest BCUT2D eigenvalue weighted by Crippen LogP contribution is 2.14. The van der Waals surface area contributed by atoms with Gasteiger partial charge in [-0.05, 0) is 50.2 Å². The molecule has 1 atom stereocenters. The minimum absolute atomic E-state index is 0.197. The molecule has 29 heavy (non-hydrogen) atoms.